The van der Waals surface area contributed by atoms with E-state index in [1.165, 1.54) is 42.8 Å². The summed E-state index contributed by atoms with van der Waals surface area (Å²) in [7, 11) is 0. The zero-order chi connectivity index (χ0) is 28.5. The number of aromatic nitrogens is 2. The van der Waals surface area contributed by atoms with Gasteiger partial charge in [0.15, 0.2) is 0 Å². The molecule has 2 atom stereocenters. The molecule has 1 aliphatic carbocycles. The van der Waals surface area contributed by atoms with E-state index in [1.54, 1.807) is 6.33 Å². The Kier molecular flexibility index (Phi) is 10.4. The van der Waals surface area contributed by atoms with Crippen LogP contribution in [0, 0.1) is 0 Å². The average Bonchev–Trinajstić information content (AvgIpc) is 3.79. The lowest BCUT2D eigenvalue weighted by molar-refractivity contribution is -0.129. The second-order valence-electron chi connectivity index (χ2n) is 11.0. The van der Waals surface area contributed by atoms with E-state index in [0.717, 1.165) is 61.3 Å². The number of H-pyrrole nitrogens is 1. The average molecular weight is 543 g/mol. The lowest BCUT2D eigenvalue weighted by atomic mass is 9.83. The van der Waals surface area contributed by atoms with Gasteiger partial charge in [-0.25, -0.2) is 4.98 Å². The maximum atomic E-state index is 12.1. The molecule has 2 aromatic rings. The molecule has 0 spiro atoms. The fraction of sp³-hybridized carbons (Fsp3) is 0.455. The van der Waals surface area contributed by atoms with E-state index < -0.39 is 0 Å². The number of amides is 1. The summed E-state index contributed by atoms with van der Waals surface area (Å²) in [6, 6.07) is 8.83. The van der Waals surface area contributed by atoms with Crippen molar-refractivity contribution in [2.24, 2.45) is 5.73 Å². The first kappa shape index (κ1) is 29.4. The van der Waals surface area contributed by atoms with Crippen LogP contribution in [-0.4, -0.2) is 57.9 Å². The maximum Gasteiger partial charge on any atom is 0.236 e. The standard InChI is InChI=1S/C26H33N5O.C7H13N/c1-3-23(30-18(2)25-5-4-14-31(25)26(32)15-27)21-10-6-19(7-11-21)20-8-12-22(13-9-20)24-16-28-17-29-24;1-7(2)8-5-3-4-6-8/h3,8-10,12-13,16-17,19,25,30H,2,4-7,11,14-15,27H2,1H3,(H,28,29);1,3-6H2,2H3/b23-3-;/t19?,25-;/m0./s1. The highest BCUT2D eigenvalue weighted by Gasteiger charge is 2.30. The Labute approximate surface area is 239 Å². The summed E-state index contributed by atoms with van der Waals surface area (Å²) < 4.78 is 0. The number of hydrogen-bond acceptors (Lipinski definition) is 5. The molecule has 40 heavy (non-hydrogen) atoms. The molecule has 0 bridgehead atoms. The van der Waals surface area contributed by atoms with E-state index in [1.807, 2.05) is 18.0 Å². The number of allylic oxidation sites excluding steroid dienone is 4. The van der Waals surface area contributed by atoms with Gasteiger partial charge in [-0.2, -0.15) is 0 Å². The molecule has 2 fully saturated rings. The molecule has 1 unspecified atom stereocenters. The van der Waals surface area contributed by atoms with Gasteiger partial charge in [0.1, 0.15) is 0 Å². The number of aromatic amines is 1. The van der Waals surface area contributed by atoms with Gasteiger partial charge in [-0.3, -0.25) is 4.79 Å². The predicted octanol–water partition coefficient (Wildman–Crippen LogP) is 5.84. The van der Waals surface area contributed by atoms with Crippen LogP contribution in [0.15, 0.2) is 84.8 Å². The van der Waals surface area contributed by atoms with E-state index in [-0.39, 0.29) is 18.5 Å². The van der Waals surface area contributed by atoms with E-state index in [9.17, 15) is 4.79 Å². The first-order valence-corrected chi connectivity index (χ1v) is 14.7. The molecule has 2 saturated heterocycles. The molecule has 7 nitrogen and oxygen atoms in total. The summed E-state index contributed by atoms with van der Waals surface area (Å²) in [5.41, 5.74) is 13.7. The second kappa shape index (κ2) is 14.2. The van der Waals surface area contributed by atoms with Crippen molar-refractivity contribution in [3.8, 4) is 11.3 Å². The van der Waals surface area contributed by atoms with Gasteiger partial charge in [0.2, 0.25) is 5.91 Å². The minimum Gasteiger partial charge on any atom is -0.376 e. The number of benzene rings is 1. The van der Waals surface area contributed by atoms with Crippen molar-refractivity contribution < 1.29 is 4.79 Å². The van der Waals surface area contributed by atoms with Crippen LogP contribution in [0.2, 0.25) is 0 Å². The summed E-state index contributed by atoms with van der Waals surface area (Å²) in [5, 5.41) is 3.52. The molecule has 4 N–H and O–H groups in total. The normalized spacial score (nSPS) is 21.0. The maximum absolute atomic E-state index is 12.1. The van der Waals surface area contributed by atoms with Gasteiger partial charge in [-0.15, -0.1) is 0 Å². The minimum atomic E-state index is -0.00394. The number of carbonyl (C=O) groups is 1. The number of nitrogens with one attached hydrogen (secondary N) is 2. The van der Waals surface area contributed by atoms with E-state index in [4.69, 9.17) is 5.73 Å². The third kappa shape index (κ3) is 7.33. The zero-order valence-electron chi connectivity index (χ0n) is 24.3. The van der Waals surface area contributed by atoms with E-state index >= 15 is 0 Å². The fourth-order valence-corrected chi connectivity index (χ4v) is 5.97. The van der Waals surface area contributed by atoms with Gasteiger partial charge in [-0.05, 0) is 81.4 Å². The summed E-state index contributed by atoms with van der Waals surface area (Å²) in [5.74, 6) is 0.527. The molecule has 5 rings (SSSR count). The Morgan fingerprint density at radius 2 is 1.90 bits per heavy atom. The monoisotopic (exact) mass is 542 g/mol. The lowest BCUT2D eigenvalue weighted by Crippen LogP contribution is -2.42. The summed E-state index contributed by atoms with van der Waals surface area (Å²) in [6.07, 6.45) is 15.8. The Morgan fingerprint density at radius 3 is 2.45 bits per heavy atom. The largest absolute Gasteiger partial charge is 0.376 e. The number of carbonyl (C=O) groups excluding carboxylic acids is 1. The molecule has 3 aliphatic rings. The molecule has 7 heteroatoms. The number of likely N-dealkylation sites (tertiary alicyclic amines) is 2. The smallest absolute Gasteiger partial charge is 0.236 e. The van der Waals surface area contributed by atoms with Gasteiger partial charge in [0.25, 0.3) is 0 Å². The molecule has 214 valence electrons. The molecule has 1 aromatic heterocycles. The van der Waals surface area contributed by atoms with Crippen molar-refractivity contribution in [3.05, 3.63) is 90.3 Å². The van der Waals surface area contributed by atoms with Crippen molar-refractivity contribution in [3.63, 3.8) is 0 Å². The quantitative estimate of drug-likeness (QED) is 0.390. The van der Waals surface area contributed by atoms with Crippen LogP contribution in [0.25, 0.3) is 11.3 Å². The Bertz CT molecular complexity index is 1200. The third-order valence-electron chi connectivity index (χ3n) is 8.33. The van der Waals surface area contributed by atoms with Crippen LogP contribution in [0.1, 0.15) is 70.3 Å². The lowest BCUT2D eigenvalue weighted by Gasteiger charge is -2.29. The van der Waals surface area contributed by atoms with Crippen molar-refractivity contribution in [1.82, 2.24) is 25.1 Å². The van der Waals surface area contributed by atoms with Crippen LogP contribution in [0.4, 0.5) is 0 Å². The van der Waals surface area contributed by atoms with Crippen molar-refractivity contribution in [2.75, 3.05) is 26.2 Å². The second-order valence-corrected chi connectivity index (χ2v) is 11.0. The van der Waals surface area contributed by atoms with E-state index in [0.29, 0.717) is 5.92 Å². The highest BCUT2D eigenvalue weighted by molar-refractivity contribution is 5.79. The topological polar surface area (TPSA) is 90.3 Å². The first-order chi connectivity index (χ1) is 19.4. The third-order valence-corrected chi connectivity index (χ3v) is 8.33. The number of imidazole rings is 1. The molecular weight excluding hydrogens is 496 g/mol. The molecule has 2 aliphatic heterocycles. The first-order valence-electron chi connectivity index (χ1n) is 14.7. The summed E-state index contributed by atoms with van der Waals surface area (Å²) >= 11 is 0. The highest BCUT2D eigenvalue weighted by atomic mass is 16.2. The van der Waals surface area contributed by atoms with Crippen LogP contribution in [0.5, 0.6) is 0 Å². The molecule has 1 aromatic carbocycles. The zero-order valence-corrected chi connectivity index (χ0v) is 24.3. The molecular formula is C33H46N6O. The van der Waals surface area contributed by atoms with Crippen LogP contribution < -0.4 is 11.1 Å². The Balaban J connectivity index is 0.000000398. The van der Waals surface area contributed by atoms with Gasteiger partial charge >= 0.3 is 0 Å². The molecule has 0 saturated carbocycles. The van der Waals surface area contributed by atoms with Gasteiger partial charge in [0.05, 0.1) is 30.8 Å². The van der Waals surface area contributed by atoms with Gasteiger partial charge in [0, 0.05) is 36.7 Å². The predicted molar refractivity (Wildman–Crippen MR) is 164 cm³/mol. The number of rotatable bonds is 8. The van der Waals surface area contributed by atoms with Gasteiger partial charge < -0.3 is 25.8 Å². The van der Waals surface area contributed by atoms with Crippen molar-refractivity contribution in [2.45, 2.75) is 70.8 Å². The van der Waals surface area contributed by atoms with E-state index in [2.05, 4.69) is 76.7 Å². The number of nitrogens with zero attached hydrogens (tertiary/aromatic N) is 3. The number of hydrogen-bond donors (Lipinski definition) is 3. The van der Waals surface area contributed by atoms with Crippen LogP contribution >= 0.6 is 0 Å². The highest BCUT2D eigenvalue weighted by Crippen LogP contribution is 2.35. The summed E-state index contributed by atoms with van der Waals surface area (Å²) in [4.78, 5) is 23.6. The number of nitrogens with two attached hydrogens (primary N) is 1. The van der Waals surface area contributed by atoms with Crippen LogP contribution in [-0.2, 0) is 4.79 Å². The minimum absolute atomic E-state index is 0.00394. The summed E-state index contributed by atoms with van der Waals surface area (Å²) in [6.45, 7) is 15.5. The molecule has 1 amide bonds. The molecule has 0 radical (unpaired) electrons. The Hall–Kier alpha value is -3.58. The van der Waals surface area contributed by atoms with Crippen molar-refractivity contribution >= 4 is 5.91 Å². The van der Waals surface area contributed by atoms with Crippen LogP contribution in [0.3, 0.4) is 0 Å². The van der Waals surface area contributed by atoms with Crippen molar-refractivity contribution in [1.29, 1.82) is 0 Å². The van der Waals surface area contributed by atoms with Gasteiger partial charge in [-0.1, -0.05) is 49.6 Å². The SMILES string of the molecule is C=C(C)N1CCCC1.C=C(N/C(=C\C)C1=CCC(c2ccc(-c3cnc[nH]3)cc2)CC1)[C@@H]1CCCN1C(=O)CN. The fourth-order valence-electron chi connectivity index (χ4n) is 5.97. The Morgan fingerprint density at radius 1 is 1.15 bits per heavy atom. The molecule has 3 heterocycles.